The van der Waals surface area contributed by atoms with Crippen molar-refractivity contribution >= 4 is 23.4 Å². The first-order valence-corrected chi connectivity index (χ1v) is 7.88. The number of hydrogen-bond donors (Lipinski definition) is 3. The van der Waals surface area contributed by atoms with Crippen molar-refractivity contribution in [1.82, 2.24) is 0 Å². The fourth-order valence-corrected chi connectivity index (χ4v) is 2.37. The molecule has 0 unspecified atom stereocenters. The maximum Gasteiger partial charge on any atom is 0.331 e. The van der Waals surface area contributed by atoms with Gasteiger partial charge in [-0.3, -0.25) is 5.84 Å². The first-order valence-electron chi connectivity index (χ1n) is 7.88. The molecule has 0 aliphatic carbocycles. The standard InChI is InChI=1S/C19H23N3O2/c1-3-21-17-11-9-16(14(2)19(17)22-20)10-12-18(23)24-13-15-7-5-4-6-8-15/h4-12,21-22H,3,13,20H2,1-2H3/b12-10+. The summed E-state index contributed by atoms with van der Waals surface area (Å²) in [6.07, 6.45) is 3.16. The van der Waals surface area contributed by atoms with Crippen molar-refractivity contribution in [2.45, 2.75) is 20.5 Å². The molecule has 0 aliphatic heterocycles. The van der Waals surface area contributed by atoms with Crippen molar-refractivity contribution < 1.29 is 9.53 Å². The molecule has 24 heavy (non-hydrogen) atoms. The molecule has 126 valence electrons. The number of anilines is 2. The summed E-state index contributed by atoms with van der Waals surface area (Å²) in [4.78, 5) is 11.9. The van der Waals surface area contributed by atoms with E-state index in [0.717, 1.165) is 34.6 Å². The molecule has 0 aromatic heterocycles. The van der Waals surface area contributed by atoms with Crippen LogP contribution in [0.1, 0.15) is 23.6 Å². The molecule has 5 nitrogen and oxygen atoms in total. The lowest BCUT2D eigenvalue weighted by atomic mass is 10.0. The Morgan fingerprint density at radius 3 is 2.62 bits per heavy atom. The number of esters is 1. The monoisotopic (exact) mass is 325 g/mol. The highest BCUT2D eigenvalue weighted by atomic mass is 16.5. The molecule has 0 saturated heterocycles. The third-order valence-corrected chi connectivity index (χ3v) is 3.64. The van der Waals surface area contributed by atoms with Crippen molar-refractivity contribution in [3.63, 3.8) is 0 Å². The minimum Gasteiger partial charge on any atom is -0.458 e. The van der Waals surface area contributed by atoms with Crippen molar-refractivity contribution in [1.29, 1.82) is 0 Å². The Morgan fingerprint density at radius 1 is 1.21 bits per heavy atom. The number of carbonyl (C=O) groups excluding carboxylic acids is 1. The van der Waals surface area contributed by atoms with Crippen LogP contribution in [0, 0.1) is 6.92 Å². The summed E-state index contributed by atoms with van der Waals surface area (Å²) in [7, 11) is 0. The van der Waals surface area contributed by atoms with Crippen molar-refractivity contribution in [2.75, 3.05) is 17.3 Å². The lowest BCUT2D eigenvalue weighted by Crippen LogP contribution is -2.12. The van der Waals surface area contributed by atoms with Crippen LogP contribution in [0.4, 0.5) is 11.4 Å². The molecule has 0 bridgehead atoms. The van der Waals surface area contributed by atoms with Gasteiger partial charge in [0.05, 0.1) is 11.4 Å². The lowest BCUT2D eigenvalue weighted by Gasteiger charge is -2.15. The van der Waals surface area contributed by atoms with E-state index in [1.54, 1.807) is 6.08 Å². The predicted octanol–water partition coefficient (Wildman–Crippen LogP) is 3.47. The molecule has 0 radical (unpaired) electrons. The third kappa shape index (κ3) is 4.60. The number of carbonyl (C=O) groups is 1. The van der Waals surface area contributed by atoms with E-state index in [4.69, 9.17) is 10.6 Å². The van der Waals surface area contributed by atoms with Crippen molar-refractivity contribution in [3.8, 4) is 0 Å². The molecule has 0 aliphatic rings. The quantitative estimate of drug-likeness (QED) is 0.314. The van der Waals surface area contributed by atoms with E-state index in [0.29, 0.717) is 0 Å². The molecular weight excluding hydrogens is 302 g/mol. The Kier molecular flexibility index (Phi) is 6.40. The zero-order valence-corrected chi connectivity index (χ0v) is 14.0. The van der Waals surface area contributed by atoms with Crippen LogP contribution in [0.5, 0.6) is 0 Å². The van der Waals surface area contributed by atoms with Crippen LogP contribution >= 0.6 is 0 Å². The molecule has 4 N–H and O–H groups in total. The Hall–Kier alpha value is -2.79. The summed E-state index contributed by atoms with van der Waals surface area (Å²) < 4.78 is 5.23. The average molecular weight is 325 g/mol. The second-order valence-electron chi connectivity index (χ2n) is 5.30. The highest BCUT2D eigenvalue weighted by Crippen LogP contribution is 2.28. The van der Waals surface area contributed by atoms with Gasteiger partial charge in [-0.2, -0.15) is 0 Å². The molecule has 0 saturated carbocycles. The van der Waals surface area contributed by atoms with Crippen LogP contribution in [0.2, 0.25) is 0 Å². The number of nitrogens with one attached hydrogen (secondary N) is 2. The van der Waals surface area contributed by atoms with Crippen LogP contribution in [-0.2, 0) is 16.1 Å². The molecule has 0 fully saturated rings. The SMILES string of the molecule is CCNc1ccc(/C=C/C(=O)OCc2ccccc2)c(C)c1NN. The van der Waals surface area contributed by atoms with Gasteiger partial charge in [-0.05, 0) is 42.7 Å². The molecular formula is C19H23N3O2. The fourth-order valence-electron chi connectivity index (χ4n) is 2.37. The van der Waals surface area contributed by atoms with Gasteiger partial charge in [0, 0.05) is 12.6 Å². The largest absolute Gasteiger partial charge is 0.458 e. The summed E-state index contributed by atoms with van der Waals surface area (Å²) in [6.45, 7) is 5.03. The average Bonchev–Trinajstić information content (AvgIpc) is 2.60. The number of rotatable bonds is 7. The number of benzene rings is 2. The summed E-state index contributed by atoms with van der Waals surface area (Å²) in [5, 5.41) is 3.24. The maximum absolute atomic E-state index is 11.9. The normalized spacial score (nSPS) is 10.6. The van der Waals surface area contributed by atoms with E-state index in [9.17, 15) is 4.79 Å². The van der Waals surface area contributed by atoms with Gasteiger partial charge in [-0.1, -0.05) is 36.4 Å². The third-order valence-electron chi connectivity index (χ3n) is 3.64. The van der Waals surface area contributed by atoms with Gasteiger partial charge in [0.1, 0.15) is 6.61 Å². The molecule has 2 aromatic carbocycles. The van der Waals surface area contributed by atoms with Gasteiger partial charge in [-0.25, -0.2) is 4.79 Å². The first-order chi connectivity index (χ1) is 11.7. The lowest BCUT2D eigenvalue weighted by molar-refractivity contribution is -0.138. The maximum atomic E-state index is 11.9. The summed E-state index contributed by atoms with van der Waals surface area (Å²) in [5.41, 5.74) is 7.28. The second-order valence-corrected chi connectivity index (χ2v) is 5.30. The smallest absolute Gasteiger partial charge is 0.331 e. The predicted molar refractivity (Wildman–Crippen MR) is 98.4 cm³/mol. The number of nitrogens with two attached hydrogens (primary N) is 1. The first kappa shape index (κ1) is 17.6. The van der Waals surface area contributed by atoms with E-state index in [2.05, 4.69) is 10.7 Å². The van der Waals surface area contributed by atoms with Gasteiger partial charge >= 0.3 is 5.97 Å². The van der Waals surface area contributed by atoms with Gasteiger partial charge in [0.15, 0.2) is 0 Å². The van der Waals surface area contributed by atoms with Crippen molar-refractivity contribution in [2.24, 2.45) is 5.84 Å². The highest BCUT2D eigenvalue weighted by Gasteiger charge is 2.07. The molecule has 0 spiro atoms. The van der Waals surface area contributed by atoms with E-state index in [1.165, 1.54) is 6.08 Å². The van der Waals surface area contributed by atoms with Gasteiger partial charge in [0.2, 0.25) is 0 Å². The molecule has 0 heterocycles. The Balaban J connectivity index is 2.04. The topological polar surface area (TPSA) is 76.4 Å². The summed E-state index contributed by atoms with van der Waals surface area (Å²) in [5.74, 6) is 5.23. The molecule has 2 rings (SSSR count). The number of nitrogen functional groups attached to an aromatic ring is 1. The Labute approximate surface area is 142 Å². The number of hydrogen-bond acceptors (Lipinski definition) is 5. The second kappa shape index (κ2) is 8.74. The van der Waals surface area contributed by atoms with Crippen LogP contribution in [-0.4, -0.2) is 12.5 Å². The van der Waals surface area contributed by atoms with Crippen LogP contribution < -0.4 is 16.6 Å². The highest BCUT2D eigenvalue weighted by molar-refractivity contribution is 5.88. The minimum absolute atomic E-state index is 0.262. The molecule has 5 heteroatoms. The number of hydrazine groups is 1. The minimum atomic E-state index is -0.378. The fraction of sp³-hybridized carbons (Fsp3) is 0.211. The van der Waals surface area contributed by atoms with E-state index in [-0.39, 0.29) is 12.6 Å². The molecule has 0 atom stereocenters. The van der Waals surface area contributed by atoms with Gasteiger partial charge in [-0.15, -0.1) is 0 Å². The van der Waals surface area contributed by atoms with E-state index in [1.807, 2.05) is 56.3 Å². The van der Waals surface area contributed by atoms with Crippen LogP contribution in [0.3, 0.4) is 0 Å². The molecule has 2 aromatic rings. The van der Waals surface area contributed by atoms with Crippen molar-refractivity contribution in [3.05, 3.63) is 65.2 Å². The van der Waals surface area contributed by atoms with Crippen LogP contribution in [0.15, 0.2) is 48.5 Å². The Bertz CT molecular complexity index is 712. The molecule has 0 amide bonds. The Morgan fingerprint density at radius 2 is 1.96 bits per heavy atom. The van der Waals surface area contributed by atoms with Gasteiger partial charge < -0.3 is 15.5 Å². The number of ether oxygens (including phenoxy) is 1. The van der Waals surface area contributed by atoms with E-state index < -0.39 is 0 Å². The summed E-state index contributed by atoms with van der Waals surface area (Å²) in [6, 6.07) is 13.5. The zero-order chi connectivity index (χ0) is 17.4. The zero-order valence-electron chi connectivity index (χ0n) is 14.0. The van der Waals surface area contributed by atoms with E-state index >= 15 is 0 Å². The van der Waals surface area contributed by atoms with Gasteiger partial charge in [0.25, 0.3) is 0 Å². The summed E-state index contributed by atoms with van der Waals surface area (Å²) >= 11 is 0. The van der Waals surface area contributed by atoms with Crippen LogP contribution in [0.25, 0.3) is 6.08 Å².